The molecule has 1 unspecified atom stereocenters. The molecule has 1 N–H and O–H groups in total. The van der Waals surface area contributed by atoms with Gasteiger partial charge in [0.15, 0.2) is 0 Å². The highest BCUT2D eigenvalue weighted by Crippen LogP contribution is 2.40. The van der Waals surface area contributed by atoms with E-state index in [1.807, 2.05) is 6.92 Å². The van der Waals surface area contributed by atoms with Gasteiger partial charge in [-0.1, -0.05) is 17.8 Å². The molecule has 0 spiro atoms. The van der Waals surface area contributed by atoms with E-state index in [0.29, 0.717) is 38.0 Å². The van der Waals surface area contributed by atoms with Crippen molar-refractivity contribution in [2.24, 2.45) is 11.3 Å². The van der Waals surface area contributed by atoms with E-state index >= 15 is 0 Å². The van der Waals surface area contributed by atoms with Crippen LogP contribution in [0.4, 0.5) is 5.13 Å². The summed E-state index contributed by atoms with van der Waals surface area (Å²) in [5, 5.41) is 12.4. The predicted molar refractivity (Wildman–Crippen MR) is 96.9 cm³/mol. The lowest BCUT2D eigenvalue weighted by Gasteiger charge is -2.41. The molecule has 2 heterocycles. The second kappa shape index (κ2) is 8.41. The Hall–Kier alpha value is -1.58. The molecule has 1 aromatic heterocycles. The van der Waals surface area contributed by atoms with Crippen LogP contribution in [-0.2, 0) is 25.7 Å². The molecule has 1 aliphatic carbocycles. The monoisotopic (exact) mass is 382 g/mol. The highest BCUT2D eigenvalue weighted by atomic mass is 32.1. The Labute approximate surface area is 157 Å². The molecule has 1 atom stereocenters. The van der Waals surface area contributed by atoms with Gasteiger partial charge >= 0.3 is 0 Å². The van der Waals surface area contributed by atoms with E-state index in [2.05, 4.69) is 15.5 Å². The number of carbonyl (C=O) groups is 2. The molecule has 26 heavy (non-hydrogen) atoms. The van der Waals surface area contributed by atoms with Gasteiger partial charge in [-0.25, -0.2) is 0 Å². The van der Waals surface area contributed by atoms with Gasteiger partial charge in [0.05, 0.1) is 12.5 Å². The van der Waals surface area contributed by atoms with Crippen molar-refractivity contribution in [3.05, 3.63) is 5.01 Å². The van der Waals surface area contributed by atoms with Crippen LogP contribution in [0.15, 0.2) is 0 Å². The second-order valence-corrected chi connectivity index (χ2v) is 8.07. The molecule has 1 saturated carbocycles. The zero-order valence-corrected chi connectivity index (χ0v) is 16.1. The Morgan fingerprint density at radius 2 is 2.23 bits per heavy atom. The van der Waals surface area contributed by atoms with Gasteiger partial charge in [0.1, 0.15) is 11.6 Å². The van der Waals surface area contributed by atoms with E-state index in [0.717, 1.165) is 17.8 Å². The minimum absolute atomic E-state index is 0.0673. The van der Waals surface area contributed by atoms with Gasteiger partial charge in [0.2, 0.25) is 16.9 Å². The Balaban J connectivity index is 1.53. The summed E-state index contributed by atoms with van der Waals surface area (Å²) in [6.45, 7) is 4.53. The molecule has 8 nitrogen and oxygen atoms in total. The summed E-state index contributed by atoms with van der Waals surface area (Å²) in [5.41, 5.74) is 0.0696. The maximum Gasteiger partial charge on any atom is 0.229 e. The first-order valence-electron chi connectivity index (χ1n) is 9.04. The largest absolute Gasteiger partial charge is 0.384 e. The van der Waals surface area contributed by atoms with Crippen LogP contribution >= 0.6 is 11.3 Å². The summed E-state index contributed by atoms with van der Waals surface area (Å²) < 4.78 is 10.6. The van der Waals surface area contributed by atoms with Crippen molar-refractivity contribution in [2.45, 2.75) is 39.2 Å². The van der Waals surface area contributed by atoms with E-state index in [4.69, 9.17) is 9.47 Å². The SMILES string of the molecule is CCOCc1nnc(N2CC(C(=O)NCC3(COC)CCC3)CC2=O)s1. The lowest BCUT2D eigenvalue weighted by atomic mass is 9.69. The summed E-state index contributed by atoms with van der Waals surface area (Å²) in [6, 6.07) is 0. The van der Waals surface area contributed by atoms with Gasteiger partial charge in [-0.15, -0.1) is 10.2 Å². The highest BCUT2D eigenvalue weighted by Gasteiger charge is 2.40. The fraction of sp³-hybridized carbons (Fsp3) is 0.765. The maximum atomic E-state index is 12.5. The molecule has 3 rings (SSSR count). The summed E-state index contributed by atoms with van der Waals surface area (Å²) in [4.78, 5) is 26.4. The Morgan fingerprint density at radius 3 is 2.88 bits per heavy atom. The number of nitrogens with one attached hydrogen (secondary N) is 1. The third-order valence-corrected chi connectivity index (χ3v) is 6.03. The lowest BCUT2D eigenvalue weighted by molar-refractivity contribution is -0.127. The van der Waals surface area contributed by atoms with Crippen molar-refractivity contribution in [1.82, 2.24) is 15.5 Å². The van der Waals surface area contributed by atoms with Crippen molar-refractivity contribution in [2.75, 3.05) is 38.3 Å². The van der Waals surface area contributed by atoms with Crippen LogP contribution in [0.3, 0.4) is 0 Å². The average molecular weight is 382 g/mol. The van der Waals surface area contributed by atoms with Crippen molar-refractivity contribution >= 4 is 28.3 Å². The number of rotatable bonds is 9. The molecule has 9 heteroatoms. The van der Waals surface area contributed by atoms with Crippen molar-refractivity contribution in [1.29, 1.82) is 0 Å². The number of nitrogens with zero attached hydrogens (tertiary/aromatic N) is 3. The normalized spacial score (nSPS) is 21.7. The summed E-state index contributed by atoms with van der Waals surface area (Å²) >= 11 is 1.33. The quantitative estimate of drug-likeness (QED) is 0.693. The minimum atomic E-state index is -0.346. The third kappa shape index (κ3) is 4.21. The topological polar surface area (TPSA) is 93.7 Å². The number of aromatic nitrogens is 2. The van der Waals surface area contributed by atoms with Gasteiger partial charge in [-0.05, 0) is 19.8 Å². The fourth-order valence-corrected chi connectivity index (χ4v) is 4.25. The van der Waals surface area contributed by atoms with Gasteiger partial charge in [0.25, 0.3) is 0 Å². The number of anilines is 1. The molecule has 2 aliphatic rings. The van der Waals surface area contributed by atoms with Crippen LogP contribution in [0.1, 0.15) is 37.6 Å². The molecule has 2 amide bonds. The standard InChI is InChI=1S/C17H26N4O4S/c1-3-25-9-13-19-20-16(26-13)21-8-12(7-14(21)22)15(23)18-10-17(11-24-2)5-4-6-17/h12H,3-11H2,1-2H3,(H,18,23). The molecule has 0 radical (unpaired) electrons. The molecular formula is C17H26N4O4S. The van der Waals surface area contributed by atoms with E-state index in [-0.39, 0.29) is 29.6 Å². The second-order valence-electron chi connectivity index (χ2n) is 7.03. The minimum Gasteiger partial charge on any atom is -0.384 e. The maximum absolute atomic E-state index is 12.5. The zero-order chi connectivity index (χ0) is 18.6. The van der Waals surface area contributed by atoms with Crippen LogP contribution in [0.2, 0.25) is 0 Å². The van der Waals surface area contributed by atoms with Crippen LogP contribution in [-0.4, -0.2) is 55.4 Å². The van der Waals surface area contributed by atoms with Crippen LogP contribution < -0.4 is 10.2 Å². The molecule has 1 aromatic rings. The van der Waals surface area contributed by atoms with Crippen LogP contribution in [0.25, 0.3) is 0 Å². The number of carbonyl (C=O) groups excluding carboxylic acids is 2. The lowest BCUT2D eigenvalue weighted by Crippen LogP contribution is -2.46. The number of ether oxygens (including phenoxy) is 2. The number of amides is 2. The predicted octanol–water partition coefficient (Wildman–Crippen LogP) is 1.36. The molecule has 1 saturated heterocycles. The molecule has 2 fully saturated rings. The van der Waals surface area contributed by atoms with Crippen molar-refractivity contribution in [3.63, 3.8) is 0 Å². The molecule has 1 aliphatic heterocycles. The van der Waals surface area contributed by atoms with Gasteiger partial charge in [-0.3, -0.25) is 14.5 Å². The number of hydrogen-bond donors (Lipinski definition) is 1. The first kappa shape index (κ1) is 19.2. The van der Waals surface area contributed by atoms with Crippen LogP contribution in [0, 0.1) is 11.3 Å². The first-order chi connectivity index (χ1) is 12.6. The summed E-state index contributed by atoms with van der Waals surface area (Å²) in [6.07, 6.45) is 3.54. The number of hydrogen-bond acceptors (Lipinski definition) is 7. The van der Waals surface area contributed by atoms with E-state index in [1.54, 1.807) is 12.0 Å². The smallest absolute Gasteiger partial charge is 0.229 e. The number of methoxy groups -OCH3 is 1. The van der Waals surface area contributed by atoms with E-state index in [1.165, 1.54) is 17.8 Å². The molecule has 144 valence electrons. The molecule has 0 bridgehead atoms. The molecule has 0 aromatic carbocycles. The first-order valence-corrected chi connectivity index (χ1v) is 9.86. The van der Waals surface area contributed by atoms with Gasteiger partial charge in [0, 0.05) is 38.6 Å². The summed E-state index contributed by atoms with van der Waals surface area (Å²) in [7, 11) is 1.69. The van der Waals surface area contributed by atoms with Crippen molar-refractivity contribution in [3.8, 4) is 0 Å². The Bertz CT molecular complexity index is 646. The Morgan fingerprint density at radius 1 is 1.42 bits per heavy atom. The summed E-state index contributed by atoms with van der Waals surface area (Å²) in [5.74, 6) is -0.497. The third-order valence-electron chi connectivity index (χ3n) is 5.11. The van der Waals surface area contributed by atoms with Crippen LogP contribution in [0.5, 0.6) is 0 Å². The van der Waals surface area contributed by atoms with Gasteiger partial charge in [-0.2, -0.15) is 0 Å². The fourth-order valence-electron chi connectivity index (χ4n) is 3.44. The van der Waals surface area contributed by atoms with Gasteiger partial charge < -0.3 is 14.8 Å². The van der Waals surface area contributed by atoms with E-state index < -0.39 is 0 Å². The highest BCUT2D eigenvalue weighted by molar-refractivity contribution is 7.15. The van der Waals surface area contributed by atoms with Crippen molar-refractivity contribution < 1.29 is 19.1 Å². The zero-order valence-electron chi connectivity index (χ0n) is 15.3. The Kier molecular flexibility index (Phi) is 6.20. The molecular weight excluding hydrogens is 356 g/mol. The average Bonchev–Trinajstić information content (AvgIpc) is 3.21. The van der Waals surface area contributed by atoms with E-state index in [9.17, 15) is 9.59 Å².